The average molecular weight is 443 g/mol. The van der Waals surface area contributed by atoms with Crippen molar-refractivity contribution in [2.75, 3.05) is 6.61 Å². The lowest BCUT2D eigenvalue weighted by atomic mass is 9.98. The molecule has 1 saturated heterocycles. The molecular weight excluding hydrogens is 416 g/mol. The van der Waals surface area contributed by atoms with Gasteiger partial charge in [-0.25, -0.2) is 13.1 Å². The Morgan fingerprint density at radius 3 is 2.86 bits per heavy atom. The van der Waals surface area contributed by atoms with Crippen molar-refractivity contribution >= 4 is 21.6 Å². The van der Waals surface area contributed by atoms with Crippen molar-refractivity contribution in [1.82, 2.24) is 19.7 Å². The minimum Gasteiger partial charge on any atom is -0.394 e. The summed E-state index contributed by atoms with van der Waals surface area (Å²) in [4.78, 5) is 0.0227. The number of hydrogen-bond acceptors (Lipinski definition) is 6. The van der Waals surface area contributed by atoms with E-state index in [1.165, 1.54) is 12.1 Å². The summed E-state index contributed by atoms with van der Waals surface area (Å²) in [5, 5.41) is 18.1. The van der Waals surface area contributed by atoms with Crippen molar-refractivity contribution in [3.05, 3.63) is 41.2 Å². The predicted octanol–water partition coefficient (Wildman–Crippen LogP) is 2.16. The van der Waals surface area contributed by atoms with Crippen LogP contribution in [0.25, 0.3) is 0 Å². The predicted molar refractivity (Wildman–Crippen MR) is 109 cm³/mol. The molecule has 0 radical (unpaired) electrons. The van der Waals surface area contributed by atoms with Gasteiger partial charge in [0.25, 0.3) is 0 Å². The minimum atomic E-state index is -3.80. The van der Waals surface area contributed by atoms with Gasteiger partial charge in [-0.3, -0.25) is 4.68 Å². The Morgan fingerprint density at radius 1 is 1.34 bits per heavy atom. The Morgan fingerprint density at radius 2 is 2.14 bits per heavy atom. The molecule has 1 aliphatic rings. The number of halogens is 1. The van der Waals surface area contributed by atoms with Crippen LogP contribution in [0.15, 0.2) is 35.4 Å². The summed E-state index contributed by atoms with van der Waals surface area (Å²) in [5.74, 6) is 0. The summed E-state index contributed by atoms with van der Waals surface area (Å²) < 4.78 is 35.8. The van der Waals surface area contributed by atoms with E-state index in [-0.39, 0.29) is 22.6 Å². The molecule has 0 amide bonds. The fraction of sp³-hybridized carbons (Fsp3) is 0.579. The largest absolute Gasteiger partial charge is 0.394 e. The van der Waals surface area contributed by atoms with Crippen LogP contribution < -0.4 is 4.72 Å². The van der Waals surface area contributed by atoms with E-state index in [0.29, 0.717) is 19.4 Å². The van der Waals surface area contributed by atoms with Gasteiger partial charge in [0.2, 0.25) is 10.0 Å². The maximum absolute atomic E-state index is 12.7. The van der Waals surface area contributed by atoms with E-state index < -0.39 is 22.2 Å². The Hall–Kier alpha value is -1.52. The van der Waals surface area contributed by atoms with E-state index in [1.54, 1.807) is 16.8 Å². The molecule has 0 saturated carbocycles. The molecule has 1 aromatic carbocycles. The van der Waals surface area contributed by atoms with Gasteiger partial charge in [0.15, 0.2) is 0 Å². The number of ether oxygens (including phenoxy) is 1. The number of hydrogen-bond donors (Lipinski definition) is 2. The molecule has 0 aliphatic carbocycles. The van der Waals surface area contributed by atoms with Crippen LogP contribution in [0.1, 0.15) is 38.3 Å². The van der Waals surface area contributed by atoms with E-state index in [2.05, 4.69) is 22.0 Å². The zero-order chi connectivity index (χ0) is 20.9. The van der Waals surface area contributed by atoms with Gasteiger partial charge in [0.05, 0.1) is 35.6 Å². The van der Waals surface area contributed by atoms with Crippen molar-refractivity contribution in [2.45, 2.75) is 68.7 Å². The molecule has 2 aromatic rings. The SMILES string of the molecule is CCCc1cn(CC[C@H]2CC[C@@H](NS(=O)(=O)c3ccccc3Cl)[C@H](CO)O2)nn1. The first kappa shape index (κ1) is 22.2. The van der Waals surface area contributed by atoms with Gasteiger partial charge in [-0.05, 0) is 37.8 Å². The number of sulfonamides is 1. The van der Waals surface area contributed by atoms with Crippen molar-refractivity contribution in [1.29, 1.82) is 0 Å². The second-order valence-electron chi connectivity index (χ2n) is 7.23. The first-order valence-electron chi connectivity index (χ1n) is 9.85. The molecule has 0 bridgehead atoms. The first-order valence-corrected chi connectivity index (χ1v) is 11.7. The van der Waals surface area contributed by atoms with E-state index >= 15 is 0 Å². The number of nitrogens with zero attached hydrogens (tertiary/aromatic N) is 3. The molecule has 2 N–H and O–H groups in total. The second-order valence-corrected chi connectivity index (χ2v) is 9.32. The lowest BCUT2D eigenvalue weighted by molar-refractivity contribution is -0.0891. The number of nitrogens with one attached hydrogen (secondary N) is 1. The fourth-order valence-electron chi connectivity index (χ4n) is 3.50. The molecule has 3 atom stereocenters. The Balaban J connectivity index is 1.57. The third-order valence-corrected chi connectivity index (χ3v) is 6.99. The molecule has 2 heterocycles. The molecular formula is C19H27ClN4O4S. The molecule has 1 fully saturated rings. The highest BCUT2D eigenvalue weighted by molar-refractivity contribution is 7.89. The van der Waals surface area contributed by atoms with Crippen molar-refractivity contribution in [2.24, 2.45) is 0 Å². The molecule has 0 unspecified atom stereocenters. The molecule has 8 nitrogen and oxygen atoms in total. The van der Waals surface area contributed by atoms with Gasteiger partial charge < -0.3 is 9.84 Å². The number of rotatable bonds is 9. The zero-order valence-corrected chi connectivity index (χ0v) is 17.9. The van der Waals surface area contributed by atoms with Gasteiger partial charge >= 0.3 is 0 Å². The normalized spacial score (nSPS) is 22.7. The summed E-state index contributed by atoms with van der Waals surface area (Å²) in [5.41, 5.74) is 0.972. The molecule has 0 spiro atoms. The van der Waals surface area contributed by atoms with Crippen LogP contribution in [-0.4, -0.2) is 53.4 Å². The van der Waals surface area contributed by atoms with Crippen LogP contribution in [0.2, 0.25) is 5.02 Å². The van der Waals surface area contributed by atoms with Crippen LogP contribution >= 0.6 is 11.6 Å². The lowest BCUT2D eigenvalue weighted by Gasteiger charge is -2.36. The van der Waals surface area contributed by atoms with Crippen LogP contribution in [0.5, 0.6) is 0 Å². The van der Waals surface area contributed by atoms with E-state index in [0.717, 1.165) is 25.0 Å². The van der Waals surface area contributed by atoms with Crippen LogP contribution in [-0.2, 0) is 27.7 Å². The minimum absolute atomic E-state index is 0.0227. The summed E-state index contributed by atoms with van der Waals surface area (Å²) >= 11 is 6.03. The molecule has 1 aromatic heterocycles. The lowest BCUT2D eigenvalue weighted by Crippen LogP contribution is -2.51. The topological polar surface area (TPSA) is 106 Å². The number of aryl methyl sites for hydroxylation is 2. The molecule has 3 rings (SSSR count). The Kier molecular flexibility index (Phi) is 7.64. The quantitative estimate of drug-likeness (QED) is 0.616. The van der Waals surface area contributed by atoms with Crippen LogP contribution in [0, 0.1) is 0 Å². The van der Waals surface area contributed by atoms with Crippen LogP contribution in [0.4, 0.5) is 0 Å². The highest BCUT2D eigenvalue weighted by Gasteiger charge is 2.34. The summed E-state index contributed by atoms with van der Waals surface area (Å²) in [6.45, 7) is 2.49. The van der Waals surface area contributed by atoms with Crippen molar-refractivity contribution in [3.63, 3.8) is 0 Å². The molecule has 1 aliphatic heterocycles. The molecule has 10 heteroatoms. The van der Waals surface area contributed by atoms with Gasteiger partial charge in [0, 0.05) is 12.7 Å². The monoisotopic (exact) mass is 442 g/mol. The van der Waals surface area contributed by atoms with Gasteiger partial charge in [0.1, 0.15) is 4.90 Å². The fourth-order valence-corrected chi connectivity index (χ4v) is 5.32. The van der Waals surface area contributed by atoms with E-state index in [4.69, 9.17) is 16.3 Å². The van der Waals surface area contributed by atoms with E-state index in [1.807, 2.05) is 6.20 Å². The molecule has 29 heavy (non-hydrogen) atoms. The number of benzene rings is 1. The molecule has 160 valence electrons. The van der Waals surface area contributed by atoms with Gasteiger partial charge in [-0.2, -0.15) is 0 Å². The van der Waals surface area contributed by atoms with E-state index in [9.17, 15) is 13.5 Å². The van der Waals surface area contributed by atoms with Crippen molar-refractivity contribution < 1.29 is 18.3 Å². The summed E-state index contributed by atoms with van der Waals surface area (Å²) in [6, 6.07) is 5.76. The number of aliphatic hydroxyl groups is 1. The standard InChI is InChI=1S/C19H27ClN4O4S/c1-2-5-14-12-24(23-21-14)11-10-15-8-9-17(18(13-25)28-15)22-29(26,27)19-7-4-3-6-16(19)20/h3-4,6-7,12,15,17-18,22,25H,2,5,8-11,13H2,1H3/t15-,17-,18+/m1/s1. The van der Waals surface area contributed by atoms with Crippen molar-refractivity contribution in [3.8, 4) is 0 Å². The average Bonchev–Trinajstić information content (AvgIpc) is 3.15. The third-order valence-electron chi connectivity index (χ3n) is 5.00. The maximum Gasteiger partial charge on any atom is 0.242 e. The van der Waals surface area contributed by atoms with Gasteiger partial charge in [-0.1, -0.05) is 42.3 Å². The second kappa shape index (κ2) is 9.99. The maximum atomic E-state index is 12.7. The smallest absolute Gasteiger partial charge is 0.242 e. The zero-order valence-electron chi connectivity index (χ0n) is 16.4. The Labute approximate surface area is 176 Å². The summed E-state index contributed by atoms with van der Waals surface area (Å²) in [6.07, 6.45) is 5.14. The van der Waals surface area contributed by atoms with Gasteiger partial charge in [-0.15, -0.1) is 5.10 Å². The number of aliphatic hydroxyl groups excluding tert-OH is 1. The summed E-state index contributed by atoms with van der Waals surface area (Å²) in [7, 11) is -3.80. The first-order chi connectivity index (χ1) is 13.9. The van der Waals surface area contributed by atoms with Crippen LogP contribution in [0.3, 0.4) is 0 Å². The highest BCUT2D eigenvalue weighted by atomic mass is 35.5. The number of aromatic nitrogens is 3. The highest BCUT2D eigenvalue weighted by Crippen LogP contribution is 2.26. The Bertz CT molecular complexity index is 905. The third kappa shape index (κ3) is 5.76.